The molecule has 2 aliphatic rings. The predicted molar refractivity (Wildman–Crippen MR) is 92.4 cm³/mol. The molecular formula is C19H24N2O3. The van der Waals surface area contributed by atoms with Crippen molar-refractivity contribution in [1.82, 2.24) is 9.80 Å². The standard InChI is InChI=1S/C19H24N2O3/c1-20-11-5-8-18(14-20)24-19(22)21-12-13-23-17(15-21)10-9-16-6-3-2-4-7-16/h2-8,14,17H,9-13,15H2,1H3. The van der Waals surface area contributed by atoms with E-state index in [1.165, 1.54) is 5.56 Å². The lowest BCUT2D eigenvalue weighted by molar-refractivity contribution is -0.0266. The highest BCUT2D eigenvalue weighted by atomic mass is 16.6. The van der Waals surface area contributed by atoms with Crippen LogP contribution in [0.25, 0.3) is 0 Å². The molecule has 0 radical (unpaired) electrons. The Labute approximate surface area is 143 Å². The van der Waals surface area contributed by atoms with Gasteiger partial charge in [-0.15, -0.1) is 0 Å². The number of morpholine rings is 1. The van der Waals surface area contributed by atoms with E-state index in [0.29, 0.717) is 25.5 Å². The second-order valence-corrected chi connectivity index (χ2v) is 6.20. The molecule has 128 valence electrons. The van der Waals surface area contributed by atoms with Crippen LogP contribution < -0.4 is 0 Å². The van der Waals surface area contributed by atoms with Gasteiger partial charge in [0.05, 0.1) is 19.3 Å². The monoisotopic (exact) mass is 328 g/mol. The molecule has 1 saturated heterocycles. The van der Waals surface area contributed by atoms with Crippen molar-refractivity contribution in [3.05, 3.63) is 60.0 Å². The van der Waals surface area contributed by atoms with Gasteiger partial charge < -0.3 is 19.3 Å². The third kappa shape index (κ3) is 4.61. The Bertz CT molecular complexity index is 612. The molecule has 1 atom stereocenters. The van der Waals surface area contributed by atoms with Crippen LogP contribution in [-0.4, -0.2) is 55.3 Å². The van der Waals surface area contributed by atoms with Gasteiger partial charge in [0.25, 0.3) is 0 Å². The maximum Gasteiger partial charge on any atom is 0.415 e. The number of rotatable bonds is 4. The van der Waals surface area contributed by atoms with E-state index in [2.05, 4.69) is 12.1 Å². The molecule has 1 aromatic carbocycles. The molecule has 1 unspecified atom stereocenters. The molecule has 0 saturated carbocycles. The Balaban J connectivity index is 1.49. The van der Waals surface area contributed by atoms with Gasteiger partial charge >= 0.3 is 6.09 Å². The van der Waals surface area contributed by atoms with E-state index >= 15 is 0 Å². The number of carbonyl (C=O) groups is 1. The van der Waals surface area contributed by atoms with Crippen LogP contribution >= 0.6 is 0 Å². The summed E-state index contributed by atoms with van der Waals surface area (Å²) < 4.78 is 11.3. The van der Waals surface area contributed by atoms with Crippen molar-refractivity contribution in [2.75, 3.05) is 33.3 Å². The van der Waals surface area contributed by atoms with Crippen LogP contribution in [0.3, 0.4) is 0 Å². The fourth-order valence-corrected chi connectivity index (χ4v) is 2.91. The number of allylic oxidation sites excluding steroid dienone is 1. The van der Waals surface area contributed by atoms with E-state index in [9.17, 15) is 4.79 Å². The number of hydrogen-bond acceptors (Lipinski definition) is 4. The summed E-state index contributed by atoms with van der Waals surface area (Å²) >= 11 is 0. The van der Waals surface area contributed by atoms with Crippen LogP contribution in [-0.2, 0) is 15.9 Å². The third-order valence-electron chi connectivity index (χ3n) is 4.22. The first-order valence-corrected chi connectivity index (χ1v) is 8.41. The average molecular weight is 328 g/mol. The van der Waals surface area contributed by atoms with Gasteiger partial charge in [-0.05, 0) is 24.5 Å². The van der Waals surface area contributed by atoms with E-state index in [0.717, 1.165) is 19.4 Å². The van der Waals surface area contributed by atoms with E-state index < -0.39 is 0 Å². The van der Waals surface area contributed by atoms with Crippen molar-refractivity contribution in [2.24, 2.45) is 0 Å². The highest BCUT2D eigenvalue weighted by Crippen LogP contribution is 2.15. The molecule has 1 fully saturated rings. The Kier molecular flexibility index (Phi) is 5.54. The van der Waals surface area contributed by atoms with Crippen molar-refractivity contribution in [3.63, 3.8) is 0 Å². The molecule has 24 heavy (non-hydrogen) atoms. The summed E-state index contributed by atoms with van der Waals surface area (Å²) in [5, 5.41) is 0. The Morgan fingerprint density at radius 3 is 2.96 bits per heavy atom. The molecule has 1 aromatic rings. The summed E-state index contributed by atoms with van der Waals surface area (Å²) in [5.41, 5.74) is 1.29. The van der Waals surface area contributed by atoms with E-state index in [1.807, 2.05) is 48.5 Å². The molecule has 5 nitrogen and oxygen atoms in total. The number of carbonyl (C=O) groups excluding carboxylic acids is 1. The van der Waals surface area contributed by atoms with E-state index in [-0.39, 0.29) is 12.2 Å². The summed E-state index contributed by atoms with van der Waals surface area (Å²) in [7, 11) is 1.95. The Morgan fingerprint density at radius 1 is 1.33 bits per heavy atom. The second-order valence-electron chi connectivity index (χ2n) is 6.20. The number of amides is 1. The van der Waals surface area contributed by atoms with Gasteiger partial charge in [-0.25, -0.2) is 4.79 Å². The molecule has 0 aliphatic carbocycles. The fourth-order valence-electron chi connectivity index (χ4n) is 2.91. The highest BCUT2D eigenvalue weighted by molar-refractivity contribution is 5.69. The predicted octanol–water partition coefficient (Wildman–Crippen LogP) is 2.80. The van der Waals surface area contributed by atoms with Gasteiger partial charge in [-0.3, -0.25) is 0 Å². The van der Waals surface area contributed by atoms with Gasteiger partial charge in [-0.2, -0.15) is 0 Å². The second kappa shape index (κ2) is 8.02. The fraction of sp³-hybridized carbons (Fsp3) is 0.421. The zero-order valence-electron chi connectivity index (χ0n) is 14.1. The summed E-state index contributed by atoms with van der Waals surface area (Å²) in [6.45, 7) is 2.55. The van der Waals surface area contributed by atoms with Gasteiger partial charge in [-0.1, -0.05) is 36.4 Å². The van der Waals surface area contributed by atoms with Crippen molar-refractivity contribution in [2.45, 2.75) is 18.9 Å². The molecular weight excluding hydrogens is 304 g/mol. The number of benzene rings is 1. The summed E-state index contributed by atoms with van der Waals surface area (Å²) in [6, 6.07) is 10.3. The number of likely N-dealkylation sites (N-methyl/N-ethyl adjacent to an activating group) is 1. The zero-order valence-corrected chi connectivity index (χ0v) is 14.1. The summed E-state index contributed by atoms with van der Waals surface area (Å²) in [5.74, 6) is 0.584. The SMILES string of the molecule is CN1C=C(OC(=O)N2CCOC(CCc3ccccc3)C2)C=CC1. The summed E-state index contributed by atoms with van der Waals surface area (Å²) in [4.78, 5) is 16.1. The van der Waals surface area contributed by atoms with Crippen LogP contribution in [0.4, 0.5) is 4.79 Å². The average Bonchev–Trinajstić information content (AvgIpc) is 2.61. The first-order chi connectivity index (χ1) is 11.7. The lowest BCUT2D eigenvalue weighted by Gasteiger charge is -2.32. The normalized spacial score (nSPS) is 20.7. The van der Waals surface area contributed by atoms with Gasteiger partial charge in [0, 0.05) is 26.3 Å². The van der Waals surface area contributed by atoms with Crippen LogP contribution in [0.1, 0.15) is 12.0 Å². The van der Waals surface area contributed by atoms with Gasteiger partial charge in [0.2, 0.25) is 0 Å². The Hall–Kier alpha value is -2.27. The third-order valence-corrected chi connectivity index (χ3v) is 4.22. The van der Waals surface area contributed by atoms with Crippen molar-refractivity contribution in [3.8, 4) is 0 Å². The van der Waals surface area contributed by atoms with Crippen LogP contribution in [0.5, 0.6) is 0 Å². The smallest absolute Gasteiger partial charge is 0.409 e. The quantitative estimate of drug-likeness (QED) is 0.852. The number of nitrogens with zero attached hydrogens (tertiary/aromatic N) is 2. The Morgan fingerprint density at radius 2 is 2.17 bits per heavy atom. The lowest BCUT2D eigenvalue weighted by Crippen LogP contribution is -2.46. The maximum atomic E-state index is 12.3. The number of hydrogen-bond donors (Lipinski definition) is 0. The van der Waals surface area contributed by atoms with E-state index in [1.54, 1.807) is 4.90 Å². The molecule has 1 amide bonds. The van der Waals surface area contributed by atoms with Crippen molar-refractivity contribution in [1.29, 1.82) is 0 Å². The minimum atomic E-state index is -0.297. The van der Waals surface area contributed by atoms with Gasteiger partial charge in [0.1, 0.15) is 5.76 Å². The minimum absolute atomic E-state index is 0.0602. The molecule has 2 heterocycles. The maximum absolute atomic E-state index is 12.3. The van der Waals surface area contributed by atoms with Crippen molar-refractivity contribution < 1.29 is 14.3 Å². The first-order valence-electron chi connectivity index (χ1n) is 8.41. The van der Waals surface area contributed by atoms with Crippen LogP contribution in [0.2, 0.25) is 0 Å². The molecule has 2 aliphatic heterocycles. The van der Waals surface area contributed by atoms with E-state index in [4.69, 9.17) is 9.47 Å². The molecule has 3 rings (SSSR count). The molecule has 0 bridgehead atoms. The number of ether oxygens (including phenoxy) is 2. The molecule has 5 heteroatoms. The summed E-state index contributed by atoms with van der Waals surface area (Å²) in [6.07, 6.45) is 7.27. The molecule has 0 spiro atoms. The lowest BCUT2D eigenvalue weighted by atomic mass is 10.1. The topological polar surface area (TPSA) is 42.0 Å². The highest BCUT2D eigenvalue weighted by Gasteiger charge is 2.25. The minimum Gasteiger partial charge on any atom is -0.409 e. The number of aryl methyl sites for hydroxylation is 1. The molecule has 0 N–H and O–H groups in total. The van der Waals surface area contributed by atoms with Crippen molar-refractivity contribution >= 4 is 6.09 Å². The largest absolute Gasteiger partial charge is 0.415 e. The van der Waals surface area contributed by atoms with Gasteiger partial charge in [0.15, 0.2) is 0 Å². The molecule has 0 aromatic heterocycles. The zero-order chi connectivity index (χ0) is 16.8. The van der Waals surface area contributed by atoms with Crippen LogP contribution in [0.15, 0.2) is 54.4 Å². The first kappa shape index (κ1) is 16.6. The van der Waals surface area contributed by atoms with Crippen LogP contribution in [0, 0.1) is 0 Å².